The summed E-state index contributed by atoms with van der Waals surface area (Å²) in [6, 6.07) is 7.08. The summed E-state index contributed by atoms with van der Waals surface area (Å²) in [6.07, 6.45) is 2.11. The monoisotopic (exact) mass is 298 g/mol. The minimum Gasteiger partial charge on any atom is -0.480 e. The van der Waals surface area contributed by atoms with E-state index in [2.05, 4.69) is 10.1 Å². The van der Waals surface area contributed by atoms with Gasteiger partial charge in [0.15, 0.2) is 17.5 Å². The van der Waals surface area contributed by atoms with E-state index in [0.29, 0.717) is 12.1 Å². The number of nitrogens with zero attached hydrogens (tertiary/aromatic N) is 4. The van der Waals surface area contributed by atoms with Gasteiger partial charge in [-0.25, -0.2) is 14.5 Å². The van der Waals surface area contributed by atoms with E-state index < -0.39 is 12.0 Å². The Kier molecular flexibility index (Phi) is 3.44. The average molecular weight is 298 g/mol. The number of aliphatic carboxylic acids is 1. The zero-order valence-corrected chi connectivity index (χ0v) is 12.8. The Balaban J connectivity index is 2.32. The maximum Gasteiger partial charge on any atom is 0.328 e. The molecule has 114 valence electrons. The first-order chi connectivity index (χ1) is 10.5. The maximum atomic E-state index is 11.5. The summed E-state index contributed by atoms with van der Waals surface area (Å²) in [5, 5.41) is 14.9. The van der Waals surface area contributed by atoms with Crippen LogP contribution in [-0.4, -0.2) is 30.4 Å². The molecule has 6 nitrogen and oxygen atoms in total. The molecule has 0 saturated carbocycles. The first kappa shape index (κ1) is 14.3. The van der Waals surface area contributed by atoms with Crippen LogP contribution in [0.2, 0.25) is 0 Å². The van der Waals surface area contributed by atoms with Gasteiger partial charge in [-0.2, -0.15) is 5.10 Å². The van der Waals surface area contributed by atoms with E-state index in [9.17, 15) is 9.90 Å². The van der Waals surface area contributed by atoms with Crippen LogP contribution in [0.25, 0.3) is 16.9 Å². The molecule has 0 amide bonds. The fourth-order valence-electron chi connectivity index (χ4n) is 2.79. The normalized spacial score (nSPS) is 12.7. The summed E-state index contributed by atoms with van der Waals surface area (Å²) < 4.78 is 3.54. The molecule has 0 saturated heterocycles. The van der Waals surface area contributed by atoms with E-state index in [1.807, 2.05) is 49.6 Å². The van der Waals surface area contributed by atoms with Crippen molar-refractivity contribution < 1.29 is 9.90 Å². The third kappa shape index (κ3) is 2.07. The van der Waals surface area contributed by atoms with Crippen molar-refractivity contribution in [1.82, 2.24) is 19.3 Å². The number of aromatic nitrogens is 4. The summed E-state index contributed by atoms with van der Waals surface area (Å²) >= 11 is 0. The van der Waals surface area contributed by atoms with Crippen LogP contribution in [0.1, 0.15) is 30.8 Å². The van der Waals surface area contributed by atoms with Crippen molar-refractivity contribution in [3.8, 4) is 5.82 Å². The Morgan fingerprint density at radius 3 is 2.55 bits per heavy atom. The van der Waals surface area contributed by atoms with Gasteiger partial charge in [-0.1, -0.05) is 6.92 Å². The minimum absolute atomic E-state index is 0.450. The van der Waals surface area contributed by atoms with Gasteiger partial charge in [-0.05, 0) is 44.5 Å². The molecule has 0 spiro atoms. The fourth-order valence-corrected chi connectivity index (χ4v) is 2.79. The lowest BCUT2D eigenvalue weighted by atomic mass is 10.2. The van der Waals surface area contributed by atoms with Crippen LogP contribution in [-0.2, 0) is 4.79 Å². The molecule has 6 heteroatoms. The molecule has 22 heavy (non-hydrogen) atoms. The smallest absolute Gasteiger partial charge is 0.328 e. The lowest BCUT2D eigenvalue weighted by molar-refractivity contribution is -0.141. The first-order valence-electron chi connectivity index (χ1n) is 7.26. The number of hydrogen-bond donors (Lipinski definition) is 1. The van der Waals surface area contributed by atoms with Crippen molar-refractivity contribution in [1.29, 1.82) is 0 Å². The van der Waals surface area contributed by atoms with Gasteiger partial charge in [0.05, 0.1) is 5.39 Å². The van der Waals surface area contributed by atoms with Crippen LogP contribution in [0.15, 0.2) is 30.5 Å². The second kappa shape index (κ2) is 5.29. The SMILES string of the molecule is CCC(C(=O)O)n1nc(-n2c(C)ccc2C)c2cccnc21. The van der Waals surface area contributed by atoms with Crippen LogP contribution in [0.5, 0.6) is 0 Å². The van der Waals surface area contributed by atoms with Gasteiger partial charge in [-0.3, -0.25) is 0 Å². The summed E-state index contributed by atoms with van der Waals surface area (Å²) in [5.41, 5.74) is 2.70. The van der Waals surface area contributed by atoms with Crippen molar-refractivity contribution in [2.75, 3.05) is 0 Å². The Bertz CT molecular complexity index is 828. The number of carboxylic acids is 1. The number of pyridine rings is 1. The molecule has 1 N–H and O–H groups in total. The lowest BCUT2D eigenvalue weighted by Gasteiger charge is -2.10. The van der Waals surface area contributed by atoms with Gasteiger partial charge >= 0.3 is 5.97 Å². The largest absolute Gasteiger partial charge is 0.480 e. The highest BCUT2D eigenvalue weighted by atomic mass is 16.4. The van der Waals surface area contributed by atoms with Crippen molar-refractivity contribution in [2.45, 2.75) is 33.2 Å². The molecule has 0 bridgehead atoms. The number of aryl methyl sites for hydroxylation is 2. The highest BCUT2D eigenvalue weighted by Gasteiger charge is 2.24. The van der Waals surface area contributed by atoms with Crippen LogP contribution in [0.4, 0.5) is 0 Å². The molecule has 0 aliphatic rings. The highest BCUT2D eigenvalue weighted by Crippen LogP contribution is 2.26. The van der Waals surface area contributed by atoms with E-state index in [1.54, 1.807) is 6.20 Å². The van der Waals surface area contributed by atoms with Crippen molar-refractivity contribution >= 4 is 17.0 Å². The first-order valence-corrected chi connectivity index (χ1v) is 7.26. The second-order valence-electron chi connectivity index (χ2n) is 5.36. The zero-order valence-electron chi connectivity index (χ0n) is 12.8. The molecule has 3 aromatic rings. The molecule has 0 aliphatic heterocycles. The molecule has 3 rings (SSSR count). The standard InChI is InChI=1S/C16H18N4O2/c1-4-13(16(21)22)20-14-12(6-5-9-17-14)15(18-20)19-10(2)7-8-11(19)3/h5-9,13H,4H2,1-3H3,(H,21,22). The Labute approximate surface area is 128 Å². The predicted molar refractivity (Wildman–Crippen MR) is 83.3 cm³/mol. The number of fused-ring (bicyclic) bond motifs is 1. The number of carbonyl (C=O) groups is 1. The van der Waals surface area contributed by atoms with E-state index in [1.165, 1.54) is 4.68 Å². The summed E-state index contributed by atoms with van der Waals surface area (Å²) in [5.74, 6) is -0.173. The Hall–Kier alpha value is -2.63. The third-order valence-corrected chi connectivity index (χ3v) is 3.90. The quantitative estimate of drug-likeness (QED) is 0.804. The zero-order chi connectivity index (χ0) is 15.9. The molecule has 1 atom stereocenters. The molecule has 0 aliphatic carbocycles. The van der Waals surface area contributed by atoms with Crippen molar-refractivity contribution in [2.24, 2.45) is 0 Å². The van der Waals surface area contributed by atoms with Gasteiger partial charge < -0.3 is 9.67 Å². The number of hydrogen-bond acceptors (Lipinski definition) is 3. The van der Waals surface area contributed by atoms with Crippen molar-refractivity contribution in [3.05, 3.63) is 41.9 Å². The second-order valence-corrected chi connectivity index (χ2v) is 5.36. The molecule has 3 aromatic heterocycles. The van der Waals surface area contributed by atoms with Gasteiger partial charge in [0, 0.05) is 17.6 Å². The molecule has 1 unspecified atom stereocenters. The summed E-state index contributed by atoms with van der Waals surface area (Å²) in [6.45, 7) is 5.84. The van der Waals surface area contributed by atoms with Gasteiger partial charge in [-0.15, -0.1) is 0 Å². The van der Waals surface area contributed by atoms with E-state index in [0.717, 1.165) is 22.6 Å². The van der Waals surface area contributed by atoms with E-state index in [-0.39, 0.29) is 0 Å². The lowest BCUT2D eigenvalue weighted by Crippen LogP contribution is -2.20. The topological polar surface area (TPSA) is 72.9 Å². The summed E-state index contributed by atoms with van der Waals surface area (Å²) in [4.78, 5) is 15.9. The van der Waals surface area contributed by atoms with Gasteiger partial charge in [0.1, 0.15) is 0 Å². The molecule has 3 heterocycles. The third-order valence-electron chi connectivity index (χ3n) is 3.90. The average Bonchev–Trinajstić information content (AvgIpc) is 3.01. The van der Waals surface area contributed by atoms with E-state index in [4.69, 9.17) is 0 Å². The number of carboxylic acid groups (broad SMARTS) is 1. The Morgan fingerprint density at radius 1 is 1.27 bits per heavy atom. The molecular formula is C16H18N4O2. The molecular weight excluding hydrogens is 280 g/mol. The van der Waals surface area contributed by atoms with Gasteiger partial charge in [0.2, 0.25) is 0 Å². The minimum atomic E-state index is -0.898. The van der Waals surface area contributed by atoms with Crippen LogP contribution >= 0.6 is 0 Å². The predicted octanol–water partition coefficient (Wildman–Crippen LogP) is 2.87. The Morgan fingerprint density at radius 2 is 1.95 bits per heavy atom. The van der Waals surface area contributed by atoms with Gasteiger partial charge in [0.25, 0.3) is 0 Å². The van der Waals surface area contributed by atoms with Crippen LogP contribution < -0.4 is 0 Å². The molecule has 0 radical (unpaired) electrons. The van der Waals surface area contributed by atoms with E-state index >= 15 is 0 Å². The molecule has 0 fully saturated rings. The van der Waals surface area contributed by atoms with Crippen LogP contribution in [0, 0.1) is 13.8 Å². The molecule has 0 aromatic carbocycles. The fraction of sp³-hybridized carbons (Fsp3) is 0.312. The maximum absolute atomic E-state index is 11.5. The van der Waals surface area contributed by atoms with Crippen LogP contribution in [0.3, 0.4) is 0 Å². The summed E-state index contributed by atoms with van der Waals surface area (Å²) in [7, 11) is 0. The van der Waals surface area contributed by atoms with Crippen molar-refractivity contribution in [3.63, 3.8) is 0 Å². The number of rotatable bonds is 4. The highest BCUT2D eigenvalue weighted by molar-refractivity contribution is 5.85.